The van der Waals surface area contributed by atoms with E-state index in [0.717, 1.165) is 16.5 Å². The van der Waals surface area contributed by atoms with Crippen molar-refractivity contribution in [1.29, 1.82) is 0 Å². The second-order valence-corrected chi connectivity index (χ2v) is 5.23. The number of rotatable bonds is 3. The fourth-order valence-electron chi connectivity index (χ4n) is 2.17. The first-order chi connectivity index (χ1) is 10.2. The molecule has 21 heavy (non-hydrogen) atoms. The molecule has 4 heteroatoms. The van der Waals surface area contributed by atoms with E-state index >= 15 is 0 Å². The Labute approximate surface area is 127 Å². The highest BCUT2D eigenvalue weighted by Crippen LogP contribution is 2.34. The van der Waals surface area contributed by atoms with E-state index in [1.54, 1.807) is 6.07 Å². The van der Waals surface area contributed by atoms with Crippen LogP contribution in [-0.2, 0) is 6.61 Å². The molecule has 0 saturated heterocycles. The third-order valence-electron chi connectivity index (χ3n) is 3.20. The molecule has 3 aromatic rings. The predicted octanol–water partition coefficient (Wildman–Crippen LogP) is 4.48. The minimum absolute atomic E-state index is 0.136. The Morgan fingerprint density at radius 1 is 1.10 bits per heavy atom. The standard InChI is InChI=1S/C17H14ClNO2/c1-11-6-7-16(14(18)8-11)21-17-9-12(10-20)19-15-5-3-2-4-13(15)17/h2-9,20H,10H2,1H3. The number of hydrogen-bond donors (Lipinski definition) is 1. The van der Waals surface area contributed by atoms with Crippen LogP contribution in [0.5, 0.6) is 11.5 Å². The monoisotopic (exact) mass is 299 g/mol. The van der Waals surface area contributed by atoms with Gasteiger partial charge in [0.2, 0.25) is 0 Å². The van der Waals surface area contributed by atoms with Gasteiger partial charge in [-0.2, -0.15) is 0 Å². The van der Waals surface area contributed by atoms with Crippen molar-refractivity contribution in [2.45, 2.75) is 13.5 Å². The van der Waals surface area contributed by atoms with Crippen LogP contribution in [-0.4, -0.2) is 10.1 Å². The topological polar surface area (TPSA) is 42.4 Å². The maximum Gasteiger partial charge on any atom is 0.146 e. The fraction of sp³-hybridized carbons (Fsp3) is 0.118. The molecule has 0 radical (unpaired) electrons. The van der Waals surface area contributed by atoms with Gasteiger partial charge in [0.05, 0.1) is 22.8 Å². The molecule has 3 rings (SSSR count). The van der Waals surface area contributed by atoms with Crippen molar-refractivity contribution in [3.05, 3.63) is 64.8 Å². The van der Waals surface area contributed by atoms with E-state index in [2.05, 4.69) is 4.98 Å². The van der Waals surface area contributed by atoms with Crippen molar-refractivity contribution in [3.8, 4) is 11.5 Å². The first-order valence-corrected chi connectivity index (χ1v) is 6.98. The van der Waals surface area contributed by atoms with Crippen molar-refractivity contribution >= 4 is 22.5 Å². The zero-order chi connectivity index (χ0) is 14.8. The smallest absolute Gasteiger partial charge is 0.146 e. The molecule has 106 valence electrons. The second-order valence-electron chi connectivity index (χ2n) is 4.82. The van der Waals surface area contributed by atoms with Gasteiger partial charge in [-0.25, -0.2) is 0 Å². The molecule has 1 aromatic heterocycles. The van der Waals surface area contributed by atoms with E-state index in [0.29, 0.717) is 22.2 Å². The molecule has 0 fully saturated rings. The van der Waals surface area contributed by atoms with Crippen LogP contribution in [0.15, 0.2) is 48.5 Å². The number of aliphatic hydroxyl groups is 1. The highest BCUT2D eigenvalue weighted by atomic mass is 35.5. The summed E-state index contributed by atoms with van der Waals surface area (Å²) in [5.41, 5.74) is 2.41. The third kappa shape index (κ3) is 2.84. The zero-order valence-electron chi connectivity index (χ0n) is 11.5. The Hall–Kier alpha value is -2.10. The summed E-state index contributed by atoms with van der Waals surface area (Å²) in [5.74, 6) is 1.22. The van der Waals surface area contributed by atoms with Gasteiger partial charge in [0.15, 0.2) is 0 Å². The molecule has 0 spiro atoms. The van der Waals surface area contributed by atoms with Crippen molar-refractivity contribution < 1.29 is 9.84 Å². The quantitative estimate of drug-likeness (QED) is 0.775. The van der Waals surface area contributed by atoms with E-state index in [9.17, 15) is 5.11 Å². The molecule has 0 saturated carbocycles. The molecule has 0 bridgehead atoms. The molecule has 1 N–H and O–H groups in total. The minimum atomic E-state index is -0.136. The number of pyridine rings is 1. The fourth-order valence-corrected chi connectivity index (χ4v) is 2.44. The third-order valence-corrected chi connectivity index (χ3v) is 3.50. The number of para-hydroxylation sites is 1. The van der Waals surface area contributed by atoms with Gasteiger partial charge in [-0.05, 0) is 36.8 Å². The van der Waals surface area contributed by atoms with Gasteiger partial charge in [-0.3, -0.25) is 4.98 Å². The van der Waals surface area contributed by atoms with Crippen LogP contribution in [0.25, 0.3) is 10.9 Å². The number of benzene rings is 2. The predicted molar refractivity (Wildman–Crippen MR) is 83.9 cm³/mol. The van der Waals surface area contributed by atoms with E-state index in [1.165, 1.54) is 0 Å². The van der Waals surface area contributed by atoms with E-state index in [4.69, 9.17) is 16.3 Å². The Balaban J connectivity index is 2.10. The number of hydrogen-bond acceptors (Lipinski definition) is 3. The molecule has 0 atom stereocenters. The molecular weight excluding hydrogens is 286 g/mol. The van der Waals surface area contributed by atoms with Crippen molar-refractivity contribution in [2.75, 3.05) is 0 Å². The number of aryl methyl sites for hydroxylation is 1. The molecule has 0 aliphatic heterocycles. The summed E-state index contributed by atoms with van der Waals surface area (Å²) in [7, 11) is 0. The van der Waals surface area contributed by atoms with Gasteiger partial charge in [0.1, 0.15) is 11.5 Å². The lowest BCUT2D eigenvalue weighted by atomic mass is 10.2. The normalized spacial score (nSPS) is 10.8. The summed E-state index contributed by atoms with van der Waals surface area (Å²) >= 11 is 6.21. The minimum Gasteiger partial charge on any atom is -0.455 e. The summed E-state index contributed by atoms with van der Waals surface area (Å²) < 4.78 is 5.94. The van der Waals surface area contributed by atoms with Gasteiger partial charge in [-0.15, -0.1) is 0 Å². The highest BCUT2D eigenvalue weighted by Gasteiger charge is 2.09. The van der Waals surface area contributed by atoms with Crippen molar-refractivity contribution in [2.24, 2.45) is 0 Å². The van der Waals surface area contributed by atoms with Crippen LogP contribution in [0.3, 0.4) is 0 Å². The van der Waals surface area contributed by atoms with Crippen LogP contribution in [0.1, 0.15) is 11.3 Å². The van der Waals surface area contributed by atoms with Crippen molar-refractivity contribution in [1.82, 2.24) is 4.98 Å². The van der Waals surface area contributed by atoms with Crippen LogP contribution in [0, 0.1) is 6.92 Å². The van der Waals surface area contributed by atoms with Gasteiger partial charge in [0.25, 0.3) is 0 Å². The number of fused-ring (bicyclic) bond motifs is 1. The van der Waals surface area contributed by atoms with Gasteiger partial charge < -0.3 is 9.84 Å². The average Bonchev–Trinajstić information content (AvgIpc) is 2.49. The van der Waals surface area contributed by atoms with Crippen LogP contribution < -0.4 is 4.74 Å². The number of aromatic nitrogens is 1. The van der Waals surface area contributed by atoms with Crippen LogP contribution in [0.2, 0.25) is 5.02 Å². The Kier molecular flexibility index (Phi) is 3.78. The average molecular weight is 300 g/mol. The number of ether oxygens (including phenoxy) is 1. The molecule has 0 aliphatic carbocycles. The van der Waals surface area contributed by atoms with Crippen LogP contribution >= 0.6 is 11.6 Å². The summed E-state index contributed by atoms with van der Waals surface area (Å²) in [6, 6.07) is 15.0. The molecule has 1 heterocycles. The van der Waals surface area contributed by atoms with Gasteiger partial charge >= 0.3 is 0 Å². The molecular formula is C17H14ClNO2. The Morgan fingerprint density at radius 2 is 1.90 bits per heavy atom. The van der Waals surface area contributed by atoms with Crippen LogP contribution in [0.4, 0.5) is 0 Å². The number of nitrogens with zero attached hydrogens (tertiary/aromatic N) is 1. The molecule has 0 amide bonds. The lowest BCUT2D eigenvalue weighted by Crippen LogP contribution is -1.94. The molecule has 3 nitrogen and oxygen atoms in total. The Morgan fingerprint density at radius 3 is 2.67 bits per heavy atom. The zero-order valence-corrected chi connectivity index (χ0v) is 12.3. The lowest BCUT2D eigenvalue weighted by molar-refractivity contribution is 0.277. The first kappa shape index (κ1) is 13.9. The Bertz CT molecular complexity index is 802. The van der Waals surface area contributed by atoms with E-state index < -0.39 is 0 Å². The van der Waals surface area contributed by atoms with Crippen molar-refractivity contribution in [3.63, 3.8) is 0 Å². The summed E-state index contributed by atoms with van der Waals surface area (Å²) in [6.07, 6.45) is 0. The highest BCUT2D eigenvalue weighted by molar-refractivity contribution is 6.32. The number of halogens is 1. The molecule has 0 unspecified atom stereocenters. The first-order valence-electron chi connectivity index (χ1n) is 6.61. The summed E-state index contributed by atoms with van der Waals surface area (Å²) in [6.45, 7) is 1.84. The van der Waals surface area contributed by atoms with Gasteiger partial charge in [-0.1, -0.05) is 29.8 Å². The summed E-state index contributed by atoms with van der Waals surface area (Å²) in [5, 5.41) is 10.8. The maximum absolute atomic E-state index is 9.33. The largest absolute Gasteiger partial charge is 0.455 e. The maximum atomic E-state index is 9.33. The molecule has 2 aromatic carbocycles. The summed E-state index contributed by atoms with van der Waals surface area (Å²) in [4.78, 5) is 4.37. The lowest BCUT2D eigenvalue weighted by Gasteiger charge is -2.12. The molecule has 0 aliphatic rings. The second kappa shape index (κ2) is 5.72. The SMILES string of the molecule is Cc1ccc(Oc2cc(CO)nc3ccccc23)c(Cl)c1. The van der Waals surface area contributed by atoms with Gasteiger partial charge in [0, 0.05) is 11.5 Å². The number of aliphatic hydroxyl groups excluding tert-OH is 1. The van der Waals surface area contributed by atoms with E-state index in [1.807, 2.05) is 49.4 Å². The van der Waals surface area contributed by atoms with E-state index in [-0.39, 0.29) is 6.61 Å².